The van der Waals surface area contributed by atoms with Gasteiger partial charge in [-0.2, -0.15) is 0 Å². The van der Waals surface area contributed by atoms with Gasteiger partial charge in [-0.25, -0.2) is 14.8 Å². The summed E-state index contributed by atoms with van der Waals surface area (Å²) in [6.45, 7) is 2.03. The Kier molecular flexibility index (Phi) is 4.32. The topological polar surface area (TPSA) is 101 Å². The number of amides is 3. The zero-order valence-corrected chi connectivity index (χ0v) is 14.6. The fraction of sp³-hybridized carbons (Fsp3) is 0.444. The van der Waals surface area contributed by atoms with Crippen LogP contribution in [-0.4, -0.2) is 44.6 Å². The summed E-state index contributed by atoms with van der Waals surface area (Å²) in [6, 6.07) is 3.79. The van der Waals surface area contributed by atoms with Crippen molar-refractivity contribution in [2.24, 2.45) is 5.92 Å². The van der Waals surface area contributed by atoms with Crippen LogP contribution in [0.5, 0.6) is 0 Å². The van der Waals surface area contributed by atoms with Gasteiger partial charge in [0.25, 0.3) is 5.91 Å². The molecule has 2 aliphatic rings. The molecule has 0 spiro atoms. The molecule has 136 valence electrons. The molecule has 0 radical (unpaired) electrons. The lowest BCUT2D eigenvalue weighted by molar-refractivity contribution is 0.0914. The summed E-state index contributed by atoms with van der Waals surface area (Å²) in [5, 5.41) is 9.02. The fourth-order valence-electron chi connectivity index (χ4n) is 3.87. The number of carbonyl (C=O) groups is 2. The lowest BCUT2D eigenvalue weighted by Gasteiger charge is -2.34. The first-order chi connectivity index (χ1) is 12.6. The molecule has 4 atom stereocenters. The first kappa shape index (κ1) is 16.6. The largest absolute Gasteiger partial charge is 0.349 e. The number of imidazole rings is 1. The highest BCUT2D eigenvalue weighted by molar-refractivity contribution is 5.94. The number of carbonyl (C=O) groups excluding carboxylic acids is 2. The maximum absolute atomic E-state index is 12.7. The van der Waals surface area contributed by atoms with Crippen LogP contribution >= 0.6 is 0 Å². The summed E-state index contributed by atoms with van der Waals surface area (Å²) in [7, 11) is 0. The van der Waals surface area contributed by atoms with E-state index in [0.717, 1.165) is 19.3 Å². The molecule has 8 heteroatoms. The first-order valence-electron chi connectivity index (χ1n) is 8.92. The number of fused-ring (bicyclic) bond motifs is 1. The molecule has 3 N–H and O–H groups in total. The van der Waals surface area contributed by atoms with Gasteiger partial charge in [0, 0.05) is 30.2 Å². The van der Waals surface area contributed by atoms with Crippen molar-refractivity contribution in [1.29, 1.82) is 0 Å². The molecule has 3 amide bonds. The highest BCUT2D eigenvalue weighted by Crippen LogP contribution is 2.29. The van der Waals surface area contributed by atoms with Gasteiger partial charge in [0.05, 0.1) is 12.1 Å². The molecular weight excluding hydrogens is 332 g/mol. The SMILES string of the molecule is CC(NC(=O)c1ccnc(-n2ccnc2)c1)C1CCC2NC(=O)NC2C1. The average molecular weight is 354 g/mol. The first-order valence-corrected chi connectivity index (χ1v) is 8.92. The number of pyridine rings is 1. The van der Waals surface area contributed by atoms with E-state index in [2.05, 4.69) is 25.9 Å². The molecule has 2 aromatic rings. The third-order valence-electron chi connectivity index (χ3n) is 5.37. The van der Waals surface area contributed by atoms with Crippen molar-refractivity contribution < 1.29 is 9.59 Å². The molecule has 1 saturated carbocycles. The van der Waals surface area contributed by atoms with Crippen molar-refractivity contribution in [3.63, 3.8) is 0 Å². The van der Waals surface area contributed by atoms with Crippen LogP contribution in [0.1, 0.15) is 36.5 Å². The van der Waals surface area contributed by atoms with Crippen LogP contribution in [0.2, 0.25) is 0 Å². The zero-order valence-electron chi connectivity index (χ0n) is 14.6. The maximum atomic E-state index is 12.7. The molecule has 2 aromatic heterocycles. The minimum Gasteiger partial charge on any atom is -0.349 e. The lowest BCUT2D eigenvalue weighted by Crippen LogP contribution is -2.46. The third-order valence-corrected chi connectivity index (χ3v) is 5.37. The molecule has 1 saturated heterocycles. The van der Waals surface area contributed by atoms with Gasteiger partial charge in [-0.3, -0.25) is 9.36 Å². The van der Waals surface area contributed by atoms with Crippen LogP contribution < -0.4 is 16.0 Å². The molecule has 4 rings (SSSR count). The van der Waals surface area contributed by atoms with E-state index in [1.165, 1.54) is 0 Å². The molecule has 3 heterocycles. The molecule has 26 heavy (non-hydrogen) atoms. The van der Waals surface area contributed by atoms with Gasteiger partial charge in [0.15, 0.2) is 0 Å². The van der Waals surface area contributed by atoms with E-state index in [9.17, 15) is 9.59 Å². The predicted molar refractivity (Wildman–Crippen MR) is 94.9 cm³/mol. The van der Waals surface area contributed by atoms with Crippen LogP contribution in [0.15, 0.2) is 37.1 Å². The molecule has 4 unspecified atom stereocenters. The summed E-state index contributed by atoms with van der Waals surface area (Å²) in [4.78, 5) is 32.4. The van der Waals surface area contributed by atoms with E-state index in [4.69, 9.17) is 0 Å². The molecular formula is C18H22N6O2. The van der Waals surface area contributed by atoms with E-state index >= 15 is 0 Å². The quantitative estimate of drug-likeness (QED) is 0.769. The van der Waals surface area contributed by atoms with E-state index in [-0.39, 0.29) is 30.1 Å². The Hall–Kier alpha value is -2.90. The Labute approximate surface area is 151 Å². The molecule has 0 bridgehead atoms. The smallest absolute Gasteiger partial charge is 0.315 e. The Morgan fingerprint density at radius 3 is 2.96 bits per heavy atom. The van der Waals surface area contributed by atoms with Crippen LogP contribution in [0.3, 0.4) is 0 Å². The number of nitrogens with one attached hydrogen (secondary N) is 3. The molecule has 1 aliphatic carbocycles. The van der Waals surface area contributed by atoms with Crippen molar-refractivity contribution in [2.45, 2.75) is 44.3 Å². The monoisotopic (exact) mass is 354 g/mol. The highest BCUT2D eigenvalue weighted by atomic mass is 16.2. The number of hydrogen-bond acceptors (Lipinski definition) is 4. The number of rotatable bonds is 4. The standard InChI is InChI=1S/C18H22N6O2/c1-11(12-2-3-14-15(8-12)23-18(26)22-14)21-17(25)13-4-5-20-16(9-13)24-7-6-19-10-24/h4-7,9-12,14-15H,2-3,8H2,1H3,(H,21,25)(H2,22,23,26). The van der Waals surface area contributed by atoms with Crippen molar-refractivity contribution in [3.8, 4) is 5.82 Å². The lowest BCUT2D eigenvalue weighted by atomic mass is 9.79. The summed E-state index contributed by atoms with van der Waals surface area (Å²) in [5.74, 6) is 0.885. The van der Waals surface area contributed by atoms with Gasteiger partial charge in [-0.15, -0.1) is 0 Å². The zero-order chi connectivity index (χ0) is 18.1. The van der Waals surface area contributed by atoms with Crippen molar-refractivity contribution in [1.82, 2.24) is 30.5 Å². The van der Waals surface area contributed by atoms with Gasteiger partial charge in [0.2, 0.25) is 0 Å². The Morgan fingerprint density at radius 2 is 2.15 bits per heavy atom. The summed E-state index contributed by atoms with van der Waals surface area (Å²) in [6.07, 6.45) is 9.53. The summed E-state index contributed by atoms with van der Waals surface area (Å²) >= 11 is 0. The highest BCUT2D eigenvalue weighted by Gasteiger charge is 2.38. The molecule has 2 fully saturated rings. The molecule has 0 aromatic carbocycles. The van der Waals surface area contributed by atoms with Gasteiger partial charge in [-0.1, -0.05) is 0 Å². The van der Waals surface area contributed by atoms with Crippen molar-refractivity contribution in [3.05, 3.63) is 42.6 Å². The minimum atomic E-state index is -0.114. The van der Waals surface area contributed by atoms with Gasteiger partial charge in [-0.05, 0) is 44.2 Å². The van der Waals surface area contributed by atoms with Crippen LogP contribution in [0, 0.1) is 5.92 Å². The normalized spacial score (nSPS) is 25.7. The second-order valence-electron chi connectivity index (χ2n) is 7.04. The Morgan fingerprint density at radius 1 is 1.31 bits per heavy atom. The van der Waals surface area contributed by atoms with Gasteiger partial charge in [0.1, 0.15) is 12.1 Å². The van der Waals surface area contributed by atoms with Crippen LogP contribution in [0.4, 0.5) is 4.79 Å². The van der Waals surface area contributed by atoms with Crippen LogP contribution in [0.25, 0.3) is 5.82 Å². The predicted octanol–water partition coefficient (Wildman–Crippen LogP) is 1.24. The summed E-state index contributed by atoms with van der Waals surface area (Å²) < 4.78 is 1.76. The van der Waals surface area contributed by atoms with Crippen molar-refractivity contribution >= 4 is 11.9 Å². The Balaban J connectivity index is 1.40. The van der Waals surface area contributed by atoms with Gasteiger partial charge >= 0.3 is 6.03 Å². The van der Waals surface area contributed by atoms with E-state index in [1.54, 1.807) is 41.6 Å². The molecule has 8 nitrogen and oxygen atoms in total. The number of aromatic nitrogens is 3. The van der Waals surface area contributed by atoms with Crippen molar-refractivity contribution in [2.75, 3.05) is 0 Å². The second-order valence-corrected chi connectivity index (χ2v) is 7.04. The van der Waals surface area contributed by atoms with Gasteiger partial charge < -0.3 is 16.0 Å². The number of urea groups is 1. The maximum Gasteiger partial charge on any atom is 0.315 e. The minimum absolute atomic E-state index is 0.0332. The average Bonchev–Trinajstić information content (AvgIpc) is 3.29. The fourth-order valence-corrected chi connectivity index (χ4v) is 3.87. The van der Waals surface area contributed by atoms with Crippen LogP contribution in [-0.2, 0) is 0 Å². The number of hydrogen-bond donors (Lipinski definition) is 3. The van der Waals surface area contributed by atoms with E-state index < -0.39 is 0 Å². The number of nitrogens with zero attached hydrogens (tertiary/aromatic N) is 3. The molecule has 1 aliphatic heterocycles. The Bertz CT molecular complexity index is 806. The van der Waals surface area contributed by atoms with E-state index in [0.29, 0.717) is 17.3 Å². The van der Waals surface area contributed by atoms with E-state index in [1.807, 2.05) is 6.92 Å². The third kappa shape index (κ3) is 3.26. The summed E-state index contributed by atoms with van der Waals surface area (Å²) in [5.41, 5.74) is 0.570. The second kappa shape index (κ2) is 6.78.